The first-order valence-corrected chi connectivity index (χ1v) is 10.5. The lowest BCUT2D eigenvalue weighted by Gasteiger charge is -2.32. The van der Waals surface area contributed by atoms with Crippen LogP contribution >= 0.6 is 12.2 Å². The number of nitrogens with zero attached hydrogens (tertiary/aromatic N) is 2. The molecule has 0 amide bonds. The number of likely N-dealkylation sites (tertiary alicyclic amines) is 1. The molecule has 1 fully saturated rings. The highest BCUT2D eigenvalue weighted by Gasteiger charge is 2.18. The van der Waals surface area contributed by atoms with Gasteiger partial charge in [0.1, 0.15) is 11.5 Å². The molecule has 0 aliphatic carbocycles. The second-order valence-corrected chi connectivity index (χ2v) is 7.92. The summed E-state index contributed by atoms with van der Waals surface area (Å²) in [6.45, 7) is 7.42. The van der Waals surface area contributed by atoms with Gasteiger partial charge in [-0.05, 0) is 74.8 Å². The molecular formula is C22H31N3O2S. The van der Waals surface area contributed by atoms with Crippen LogP contribution in [0.5, 0.6) is 5.75 Å². The van der Waals surface area contributed by atoms with Crippen LogP contribution in [0.2, 0.25) is 0 Å². The number of ether oxygens (including phenoxy) is 1. The van der Waals surface area contributed by atoms with E-state index in [0.29, 0.717) is 11.7 Å². The maximum atomic E-state index is 5.73. The second-order valence-electron chi connectivity index (χ2n) is 7.53. The van der Waals surface area contributed by atoms with E-state index in [0.717, 1.165) is 42.6 Å². The molecule has 1 aromatic heterocycles. The van der Waals surface area contributed by atoms with Gasteiger partial charge in [-0.3, -0.25) is 0 Å². The van der Waals surface area contributed by atoms with E-state index in [1.54, 1.807) is 13.4 Å². The maximum Gasteiger partial charge on any atom is 0.173 e. The van der Waals surface area contributed by atoms with Gasteiger partial charge in [0.2, 0.25) is 0 Å². The highest BCUT2D eigenvalue weighted by atomic mass is 32.1. The average Bonchev–Trinajstić information content (AvgIpc) is 3.21. The van der Waals surface area contributed by atoms with E-state index in [1.807, 2.05) is 36.4 Å². The Labute approximate surface area is 173 Å². The Morgan fingerprint density at radius 1 is 1.32 bits per heavy atom. The number of hydrogen-bond acceptors (Lipinski definition) is 4. The first-order chi connectivity index (χ1) is 13.7. The van der Waals surface area contributed by atoms with E-state index in [2.05, 4.69) is 22.0 Å². The zero-order valence-electron chi connectivity index (χ0n) is 16.9. The minimum Gasteiger partial charge on any atom is -0.495 e. The molecule has 1 aromatic carbocycles. The molecule has 0 radical (unpaired) electrons. The number of furan rings is 1. The van der Waals surface area contributed by atoms with Gasteiger partial charge in [0.25, 0.3) is 0 Å². The number of nitrogens with one attached hydrogen (secondary N) is 1. The molecule has 1 N–H and O–H groups in total. The Morgan fingerprint density at radius 2 is 2.18 bits per heavy atom. The third-order valence-electron chi connectivity index (χ3n) is 5.21. The monoisotopic (exact) mass is 401 g/mol. The van der Waals surface area contributed by atoms with Gasteiger partial charge in [0.15, 0.2) is 5.11 Å². The number of para-hydroxylation sites is 2. The quantitative estimate of drug-likeness (QED) is 0.652. The van der Waals surface area contributed by atoms with E-state index in [1.165, 1.54) is 25.9 Å². The van der Waals surface area contributed by atoms with E-state index in [-0.39, 0.29) is 0 Å². The first kappa shape index (κ1) is 20.7. The van der Waals surface area contributed by atoms with Gasteiger partial charge >= 0.3 is 0 Å². The summed E-state index contributed by atoms with van der Waals surface area (Å²) in [5.41, 5.74) is 0.879. The third-order valence-corrected chi connectivity index (χ3v) is 5.57. The summed E-state index contributed by atoms with van der Waals surface area (Å²) < 4.78 is 11.0. The molecule has 1 aliphatic rings. The lowest BCUT2D eigenvalue weighted by atomic mass is 10.0. The Kier molecular flexibility index (Phi) is 7.74. The summed E-state index contributed by atoms with van der Waals surface area (Å²) in [6, 6.07) is 11.7. The minimum atomic E-state index is 0.657. The molecule has 3 rings (SSSR count). The van der Waals surface area contributed by atoms with Gasteiger partial charge in [-0.15, -0.1) is 0 Å². The number of anilines is 1. The van der Waals surface area contributed by atoms with Crippen molar-refractivity contribution < 1.29 is 9.15 Å². The summed E-state index contributed by atoms with van der Waals surface area (Å²) >= 11 is 5.73. The van der Waals surface area contributed by atoms with Crippen molar-refractivity contribution in [2.24, 2.45) is 5.92 Å². The molecule has 28 heavy (non-hydrogen) atoms. The number of piperidine rings is 1. The SMILES string of the molecule is COc1ccccc1NC(=S)N(CCCN1CCCC(C)C1)Cc1ccco1. The first-order valence-electron chi connectivity index (χ1n) is 10.1. The zero-order valence-corrected chi connectivity index (χ0v) is 17.7. The van der Waals surface area contributed by atoms with Gasteiger partial charge in [-0.25, -0.2) is 0 Å². The van der Waals surface area contributed by atoms with Crippen LogP contribution in [0.25, 0.3) is 0 Å². The van der Waals surface area contributed by atoms with Crippen molar-refractivity contribution in [2.45, 2.75) is 32.7 Å². The van der Waals surface area contributed by atoms with Crippen molar-refractivity contribution in [3.63, 3.8) is 0 Å². The van der Waals surface area contributed by atoms with Crippen molar-refractivity contribution in [3.8, 4) is 5.75 Å². The standard InChI is InChI=1S/C22H31N3O2S/c1-18-8-5-12-24(16-18)13-7-14-25(17-19-9-6-15-27-19)22(28)23-20-10-3-4-11-21(20)26-2/h3-4,6,9-11,15,18H,5,7-8,12-14,16-17H2,1-2H3,(H,23,28). The van der Waals surface area contributed by atoms with Crippen molar-refractivity contribution in [1.82, 2.24) is 9.80 Å². The molecule has 0 saturated carbocycles. The van der Waals surface area contributed by atoms with Crippen molar-refractivity contribution in [2.75, 3.05) is 38.6 Å². The van der Waals surface area contributed by atoms with Crippen molar-refractivity contribution in [1.29, 1.82) is 0 Å². The predicted octanol–water partition coefficient (Wildman–Crippen LogP) is 4.61. The second kappa shape index (κ2) is 10.5. The largest absolute Gasteiger partial charge is 0.495 e. The lowest BCUT2D eigenvalue weighted by Crippen LogP contribution is -2.39. The lowest BCUT2D eigenvalue weighted by molar-refractivity contribution is 0.177. The van der Waals surface area contributed by atoms with Crippen LogP contribution < -0.4 is 10.1 Å². The van der Waals surface area contributed by atoms with Gasteiger partial charge in [0, 0.05) is 13.1 Å². The summed E-state index contributed by atoms with van der Waals surface area (Å²) in [7, 11) is 1.67. The number of hydrogen-bond donors (Lipinski definition) is 1. The molecule has 2 heterocycles. The van der Waals surface area contributed by atoms with Crippen LogP contribution in [0.3, 0.4) is 0 Å². The van der Waals surface area contributed by atoms with Crippen molar-refractivity contribution in [3.05, 3.63) is 48.4 Å². The summed E-state index contributed by atoms with van der Waals surface area (Å²) in [6.07, 6.45) is 5.44. The molecule has 1 unspecified atom stereocenters. The summed E-state index contributed by atoms with van der Waals surface area (Å²) in [4.78, 5) is 4.75. The Balaban J connectivity index is 1.60. The summed E-state index contributed by atoms with van der Waals surface area (Å²) in [5, 5.41) is 4.03. The smallest absolute Gasteiger partial charge is 0.173 e. The summed E-state index contributed by atoms with van der Waals surface area (Å²) in [5.74, 6) is 2.50. The van der Waals surface area contributed by atoms with Gasteiger partial charge in [-0.2, -0.15) is 0 Å². The number of methoxy groups -OCH3 is 1. The number of thiocarbonyl (C=S) groups is 1. The van der Waals surface area contributed by atoms with Gasteiger partial charge in [0.05, 0.1) is 25.6 Å². The molecule has 6 heteroatoms. The molecule has 2 aromatic rings. The fourth-order valence-electron chi connectivity index (χ4n) is 3.76. The van der Waals surface area contributed by atoms with Crippen LogP contribution in [0.4, 0.5) is 5.69 Å². The molecular weight excluding hydrogens is 370 g/mol. The number of benzene rings is 1. The van der Waals surface area contributed by atoms with Gasteiger partial charge < -0.3 is 24.3 Å². The molecule has 1 atom stereocenters. The highest BCUT2D eigenvalue weighted by Crippen LogP contribution is 2.24. The van der Waals surface area contributed by atoms with Gasteiger partial charge in [-0.1, -0.05) is 19.1 Å². The minimum absolute atomic E-state index is 0.657. The topological polar surface area (TPSA) is 40.9 Å². The fourth-order valence-corrected chi connectivity index (χ4v) is 4.03. The normalized spacial score (nSPS) is 17.3. The number of rotatable bonds is 8. The molecule has 5 nitrogen and oxygen atoms in total. The molecule has 1 saturated heterocycles. The van der Waals surface area contributed by atoms with E-state index in [9.17, 15) is 0 Å². The van der Waals surface area contributed by atoms with Crippen LogP contribution in [-0.4, -0.2) is 48.2 Å². The average molecular weight is 402 g/mol. The third kappa shape index (κ3) is 5.97. The predicted molar refractivity (Wildman–Crippen MR) is 118 cm³/mol. The molecule has 152 valence electrons. The van der Waals surface area contributed by atoms with Crippen LogP contribution in [0, 0.1) is 5.92 Å². The molecule has 0 bridgehead atoms. The molecule has 1 aliphatic heterocycles. The van der Waals surface area contributed by atoms with Crippen LogP contribution in [0.1, 0.15) is 31.9 Å². The van der Waals surface area contributed by atoms with E-state index < -0.39 is 0 Å². The van der Waals surface area contributed by atoms with Crippen molar-refractivity contribution >= 4 is 23.0 Å². The zero-order chi connectivity index (χ0) is 19.8. The fraction of sp³-hybridized carbons (Fsp3) is 0.500. The maximum absolute atomic E-state index is 5.73. The Hall–Kier alpha value is -2.05. The van der Waals surface area contributed by atoms with E-state index >= 15 is 0 Å². The Bertz CT molecular complexity index is 735. The highest BCUT2D eigenvalue weighted by molar-refractivity contribution is 7.80. The van der Waals surface area contributed by atoms with E-state index in [4.69, 9.17) is 21.4 Å². The Morgan fingerprint density at radius 3 is 2.93 bits per heavy atom. The van der Waals surface area contributed by atoms with Crippen LogP contribution in [0.15, 0.2) is 47.1 Å². The molecule has 0 spiro atoms. The van der Waals surface area contributed by atoms with Crippen LogP contribution in [-0.2, 0) is 6.54 Å².